The van der Waals surface area contributed by atoms with E-state index in [2.05, 4.69) is 10.4 Å². The third-order valence-corrected chi connectivity index (χ3v) is 4.36. The molecule has 0 spiro atoms. The van der Waals surface area contributed by atoms with E-state index < -0.39 is 0 Å². The summed E-state index contributed by atoms with van der Waals surface area (Å²) in [7, 11) is 1.85. The van der Waals surface area contributed by atoms with Gasteiger partial charge < -0.3 is 10.2 Å². The van der Waals surface area contributed by atoms with E-state index in [0.717, 1.165) is 26.1 Å². The van der Waals surface area contributed by atoms with E-state index in [9.17, 15) is 4.79 Å². The van der Waals surface area contributed by atoms with E-state index >= 15 is 0 Å². The molecule has 2 saturated heterocycles. The average molecular weight is 262 g/mol. The molecule has 0 bridgehead atoms. The predicted octanol–water partition coefficient (Wildman–Crippen LogP) is 1.02. The Morgan fingerprint density at radius 2 is 2.32 bits per heavy atom. The van der Waals surface area contributed by atoms with Crippen molar-refractivity contribution < 1.29 is 4.79 Å². The van der Waals surface area contributed by atoms with Gasteiger partial charge in [-0.15, -0.1) is 0 Å². The van der Waals surface area contributed by atoms with Crippen LogP contribution < -0.4 is 5.32 Å². The summed E-state index contributed by atoms with van der Waals surface area (Å²) in [4.78, 5) is 14.4. The number of hydrogen-bond donors (Lipinski definition) is 1. The fraction of sp³-hybridized carbons (Fsp3) is 0.714. The molecule has 1 amide bonds. The van der Waals surface area contributed by atoms with Crippen molar-refractivity contribution in [1.29, 1.82) is 0 Å². The maximum absolute atomic E-state index is 12.4. The molecular formula is C14H22N4O. The summed E-state index contributed by atoms with van der Waals surface area (Å²) in [5.41, 5.74) is 0.711. The van der Waals surface area contributed by atoms with Gasteiger partial charge in [0.25, 0.3) is 5.91 Å². The topological polar surface area (TPSA) is 50.2 Å². The molecule has 2 fully saturated rings. The van der Waals surface area contributed by atoms with E-state index in [1.807, 2.05) is 11.9 Å². The highest BCUT2D eigenvalue weighted by atomic mass is 16.2. The second-order valence-electron chi connectivity index (χ2n) is 5.76. The van der Waals surface area contributed by atoms with Crippen LogP contribution in [0.1, 0.15) is 36.0 Å². The molecule has 5 nitrogen and oxygen atoms in total. The number of hydrogen-bond acceptors (Lipinski definition) is 3. The fourth-order valence-electron chi connectivity index (χ4n) is 3.35. The van der Waals surface area contributed by atoms with Crippen LogP contribution >= 0.6 is 0 Å². The van der Waals surface area contributed by atoms with Gasteiger partial charge in [0.2, 0.25) is 0 Å². The van der Waals surface area contributed by atoms with Gasteiger partial charge in [-0.25, -0.2) is 0 Å². The van der Waals surface area contributed by atoms with Crippen LogP contribution in [0.3, 0.4) is 0 Å². The van der Waals surface area contributed by atoms with Crippen LogP contribution in [-0.2, 0) is 7.05 Å². The first kappa shape index (κ1) is 12.7. The quantitative estimate of drug-likeness (QED) is 0.866. The Kier molecular flexibility index (Phi) is 3.55. The van der Waals surface area contributed by atoms with Gasteiger partial charge in [0, 0.05) is 32.4 Å². The number of likely N-dealkylation sites (tertiary alicyclic amines) is 1. The van der Waals surface area contributed by atoms with Gasteiger partial charge in [-0.05, 0) is 38.1 Å². The molecule has 19 heavy (non-hydrogen) atoms. The van der Waals surface area contributed by atoms with Crippen LogP contribution in [0.4, 0.5) is 0 Å². The molecule has 0 saturated carbocycles. The van der Waals surface area contributed by atoms with Gasteiger partial charge in [0.15, 0.2) is 0 Å². The van der Waals surface area contributed by atoms with Crippen molar-refractivity contribution in [3.05, 3.63) is 18.0 Å². The molecule has 1 aromatic heterocycles. The van der Waals surface area contributed by atoms with Gasteiger partial charge in [-0.1, -0.05) is 0 Å². The number of carbonyl (C=O) groups is 1. The van der Waals surface area contributed by atoms with Crippen molar-refractivity contribution >= 4 is 5.91 Å². The molecule has 104 valence electrons. The van der Waals surface area contributed by atoms with Crippen LogP contribution in [0.2, 0.25) is 0 Å². The fourth-order valence-corrected chi connectivity index (χ4v) is 3.35. The van der Waals surface area contributed by atoms with Crippen LogP contribution in [0.5, 0.6) is 0 Å². The SMILES string of the molecule is Cn1cc(C(=O)N2CCCC(C3CCCN3)C2)cn1. The van der Waals surface area contributed by atoms with Gasteiger partial charge in [0.05, 0.1) is 11.8 Å². The Labute approximate surface area is 114 Å². The van der Waals surface area contributed by atoms with Crippen molar-refractivity contribution in [3.8, 4) is 0 Å². The molecule has 3 rings (SSSR count). The van der Waals surface area contributed by atoms with Crippen LogP contribution in [0, 0.1) is 5.92 Å². The minimum absolute atomic E-state index is 0.135. The molecule has 1 aromatic rings. The van der Waals surface area contributed by atoms with Crippen molar-refractivity contribution in [2.75, 3.05) is 19.6 Å². The van der Waals surface area contributed by atoms with Crippen LogP contribution in [0.15, 0.2) is 12.4 Å². The molecule has 0 aromatic carbocycles. The first-order chi connectivity index (χ1) is 9.24. The lowest BCUT2D eigenvalue weighted by molar-refractivity contribution is 0.0651. The zero-order chi connectivity index (χ0) is 13.2. The Morgan fingerprint density at radius 3 is 3.00 bits per heavy atom. The number of aryl methyl sites for hydroxylation is 1. The second kappa shape index (κ2) is 5.33. The maximum atomic E-state index is 12.4. The Hall–Kier alpha value is -1.36. The number of nitrogens with zero attached hydrogens (tertiary/aromatic N) is 3. The predicted molar refractivity (Wildman–Crippen MR) is 72.9 cm³/mol. The molecule has 2 atom stereocenters. The van der Waals surface area contributed by atoms with Crippen molar-refractivity contribution in [2.24, 2.45) is 13.0 Å². The summed E-state index contributed by atoms with van der Waals surface area (Å²) in [6.45, 7) is 2.92. The van der Waals surface area contributed by atoms with E-state index in [0.29, 0.717) is 17.5 Å². The lowest BCUT2D eigenvalue weighted by atomic mass is 9.89. The van der Waals surface area contributed by atoms with Gasteiger partial charge in [0.1, 0.15) is 0 Å². The van der Waals surface area contributed by atoms with Gasteiger partial charge >= 0.3 is 0 Å². The zero-order valence-electron chi connectivity index (χ0n) is 11.5. The summed E-state index contributed by atoms with van der Waals surface area (Å²) in [6.07, 6.45) is 8.38. The average Bonchev–Trinajstić information content (AvgIpc) is 3.09. The first-order valence-electron chi connectivity index (χ1n) is 7.25. The molecule has 2 aliphatic rings. The minimum Gasteiger partial charge on any atom is -0.338 e. The van der Waals surface area contributed by atoms with E-state index in [1.165, 1.54) is 19.3 Å². The van der Waals surface area contributed by atoms with E-state index in [-0.39, 0.29) is 5.91 Å². The van der Waals surface area contributed by atoms with E-state index in [1.54, 1.807) is 17.1 Å². The van der Waals surface area contributed by atoms with Crippen LogP contribution in [-0.4, -0.2) is 46.3 Å². The lowest BCUT2D eigenvalue weighted by Crippen LogP contribution is -2.45. The molecule has 3 heterocycles. The third-order valence-electron chi connectivity index (χ3n) is 4.36. The number of piperidine rings is 1. The largest absolute Gasteiger partial charge is 0.338 e. The molecule has 0 aliphatic carbocycles. The summed E-state index contributed by atoms with van der Waals surface area (Å²) in [6, 6.07) is 0.615. The number of nitrogens with one attached hydrogen (secondary N) is 1. The second-order valence-corrected chi connectivity index (χ2v) is 5.76. The summed E-state index contributed by atoms with van der Waals surface area (Å²) in [5.74, 6) is 0.757. The minimum atomic E-state index is 0.135. The number of aromatic nitrogens is 2. The van der Waals surface area contributed by atoms with Crippen molar-refractivity contribution in [3.63, 3.8) is 0 Å². The molecule has 5 heteroatoms. The Bertz CT molecular complexity index is 450. The third kappa shape index (κ3) is 2.66. The van der Waals surface area contributed by atoms with Crippen LogP contribution in [0.25, 0.3) is 0 Å². The summed E-state index contributed by atoms with van der Waals surface area (Å²) in [5, 5.41) is 7.66. The monoisotopic (exact) mass is 262 g/mol. The smallest absolute Gasteiger partial charge is 0.257 e. The Morgan fingerprint density at radius 1 is 1.42 bits per heavy atom. The maximum Gasteiger partial charge on any atom is 0.257 e. The standard InChI is InChI=1S/C14H22N4O/c1-17-9-12(8-16-17)14(19)18-7-3-4-11(10-18)13-5-2-6-15-13/h8-9,11,13,15H,2-7,10H2,1H3. The molecule has 1 N–H and O–H groups in total. The molecule has 0 radical (unpaired) electrons. The highest BCUT2D eigenvalue weighted by Crippen LogP contribution is 2.25. The lowest BCUT2D eigenvalue weighted by Gasteiger charge is -2.35. The first-order valence-corrected chi connectivity index (χ1v) is 7.25. The normalized spacial score (nSPS) is 27.7. The number of rotatable bonds is 2. The van der Waals surface area contributed by atoms with Gasteiger partial charge in [-0.3, -0.25) is 9.48 Å². The highest BCUT2D eigenvalue weighted by Gasteiger charge is 2.31. The van der Waals surface area contributed by atoms with Gasteiger partial charge in [-0.2, -0.15) is 5.10 Å². The number of amides is 1. The summed E-state index contributed by atoms with van der Waals surface area (Å²) >= 11 is 0. The summed E-state index contributed by atoms with van der Waals surface area (Å²) < 4.78 is 1.69. The van der Waals surface area contributed by atoms with Crippen molar-refractivity contribution in [2.45, 2.75) is 31.7 Å². The zero-order valence-corrected chi connectivity index (χ0v) is 11.5. The molecular weight excluding hydrogens is 240 g/mol. The Balaban J connectivity index is 1.65. The molecule has 2 aliphatic heterocycles. The van der Waals surface area contributed by atoms with E-state index in [4.69, 9.17) is 0 Å². The van der Waals surface area contributed by atoms with Crippen molar-refractivity contribution in [1.82, 2.24) is 20.0 Å². The number of carbonyl (C=O) groups excluding carboxylic acids is 1. The highest BCUT2D eigenvalue weighted by molar-refractivity contribution is 5.93. The molecule has 2 unspecified atom stereocenters.